The van der Waals surface area contributed by atoms with Gasteiger partial charge in [0.1, 0.15) is 11.5 Å². The monoisotopic (exact) mass is 223 g/mol. The highest BCUT2D eigenvalue weighted by Crippen LogP contribution is 2.51. The molecule has 0 aromatic carbocycles. The van der Waals surface area contributed by atoms with E-state index in [4.69, 9.17) is 4.74 Å². The number of nitrogens with zero attached hydrogens (tertiary/aromatic N) is 1. The molecule has 0 aromatic heterocycles. The van der Waals surface area contributed by atoms with E-state index in [1.807, 2.05) is 13.0 Å². The van der Waals surface area contributed by atoms with Gasteiger partial charge in [0.2, 0.25) is 5.91 Å². The minimum absolute atomic E-state index is 0.0817. The van der Waals surface area contributed by atoms with Crippen LogP contribution in [0.1, 0.15) is 6.92 Å². The molecule has 5 heteroatoms. The number of amides is 1. The van der Waals surface area contributed by atoms with Gasteiger partial charge in [-0.25, -0.2) is 0 Å². The summed E-state index contributed by atoms with van der Waals surface area (Å²) in [5.41, 5.74) is -0.666. The summed E-state index contributed by atoms with van der Waals surface area (Å²) in [7, 11) is 0. The Morgan fingerprint density at radius 1 is 1.75 bits per heavy atom. The molecule has 3 aliphatic heterocycles. The number of hydrogen-bond donors (Lipinski definition) is 1. The minimum atomic E-state index is -0.937. The second-order valence-corrected chi connectivity index (χ2v) is 4.59. The van der Waals surface area contributed by atoms with Crippen molar-refractivity contribution >= 4 is 11.9 Å². The van der Waals surface area contributed by atoms with Gasteiger partial charge in [0.05, 0.1) is 18.6 Å². The Morgan fingerprint density at radius 3 is 3.12 bits per heavy atom. The summed E-state index contributed by atoms with van der Waals surface area (Å²) in [5.74, 6) is -2.26. The highest BCUT2D eigenvalue weighted by molar-refractivity contribution is 5.90. The average molecular weight is 223 g/mol. The Hall–Kier alpha value is -1.36. The van der Waals surface area contributed by atoms with Crippen LogP contribution in [-0.4, -0.2) is 46.7 Å². The number of carbonyl (C=O) groups is 2. The van der Waals surface area contributed by atoms with Crippen LogP contribution in [0.4, 0.5) is 0 Å². The molecule has 2 saturated heterocycles. The first-order chi connectivity index (χ1) is 7.59. The number of likely N-dealkylation sites (N-methyl/N-ethyl adjacent to an activating group) is 1. The van der Waals surface area contributed by atoms with Crippen LogP contribution >= 0.6 is 0 Å². The quantitative estimate of drug-likeness (QED) is 0.662. The average Bonchev–Trinajstić information content (AvgIpc) is 2.86. The Kier molecular flexibility index (Phi) is 1.75. The molecule has 2 bridgehead atoms. The van der Waals surface area contributed by atoms with Gasteiger partial charge in [-0.2, -0.15) is 0 Å². The molecule has 4 atom stereocenters. The lowest BCUT2D eigenvalue weighted by Crippen LogP contribution is -2.39. The lowest BCUT2D eigenvalue weighted by atomic mass is 9.77. The largest absolute Gasteiger partial charge is 0.481 e. The van der Waals surface area contributed by atoms with Gasteiger partial charge < -0.3 is 14.7 Å². The fraction of sp³-hybridized carbons (Fsp3) is 0.636. The van der Waals surface area contributed by atoms with Crippen molar-refractivity contribution in [3.05, 3.63) is 12.2 Å². The molecule has 0 aromatic rings. The third kappa shape index (κ3) is 0.942. The van der Waals surface area contributed by atoms with Gasteiger partial charge in [-0.15, -0.1) is 0 Å². The van der Waals surface area contributed by atoms with Crippen molar-refractivity contribution in [1.82, 2.24) is 4.90 Å². The van der Waals surface area contributed by atoms with Crippen LogP contribution in [-0.2, 0) is 14.3 Å². The molecule has 3 heterocycles. The molecule has 1 spiro atoms. The summed E-state index contributed by atoms with van der Waals surface area (Å²) in [4.78, 5) is 24.9. The number of rotatable bonds is 2. The molecule has 3 aliphatic rings. The number of ether oxygens (including phenoxy) is 1. The molecule has 0 radical (unpaired) electrons. The second-order valence-electron chi connectivity index (χ2n) is 4.59. The molecule has 2 fully saturated rings. The van der Waals surface area contributed by atoms with E-state index in [1.54, 1.807) is 11.0 Å². The molecule has 3 rings (SSSR count). The molecule has 5 nitrogen and oxygen atoms in total. The summed E-state index contributed by atoms with van der Waals surface area (Å²) < 4.78 is 5.71. The van der Waals surface area contributed by atoms with Crippen LogP contribution < -0.4 is 0 Å². The summed E-state index contributed by atoms with van der Waals surface area (Å²) in [6.45, 7) is 2.98. The second kappa shape index (κ2) is 2.85. The fourth-order valence-electron chi connectivity index (χ4n) is 3.13. The molecule has 1 N–H and O–H groups in total. The molecule has 0 saturated carbocycles. The molecule has 1 amide bonds. The van der Waals surface area contributed by atoms with Crippen LogP contribution in [0.5, 0.6) is 0 Å². The van der Waals surface area contributed by atoms with Crippen LogP contribution in [0, 0.1) is 11.8 Å². The number of hydrogen-bond acceptors (Lipinski definition) is 3. The Morgan fingerprint density at radius 2 is 2.50 bits per heavy atom. The maximum absolute atomic E-state index is 12.1. The molecule has 0 aliphatic carbocycles. The smallest absolute Gasteiger partial charge is 0.310 e. The third-order valence-electron chi connectivity index (χ3n) is 3.85. The number of likely N-dealkylation sites (tertiary alicyclic amines) is 1. The topological polar surface area (TPSA) is 66.8 Å². The Bertz CT molecular complexity index is 405. The molecule has 2 unspecified atom stereocenters. The third-order valence-corrected chi connectivity index (χ3v) is 3.85. The van der Waals surface area contributed by atoms with E-state index in [0.29, 0.717) is 13.1 Å². The number of carboxylic acid groups (broad SMARTS) is 1. The number of carboxylic acids is 1. The minimum Gasteiger partial charge on any atom is -0.481 e. The zero-order valence-corrected chi connectivity index (χ0v) is 8.92. The zero-order chi connectivity index (χ0) is 11.5. The number of fused-ring (bicyclic) bond motifs is 1. The number of carbonyl (C=O) groups excluding carboxylic acids is 1. The number of aliphatic carboxylic acids is 1. The van der Waals surface area contributed by atoms with E-state index in [-0.39, 0.29) is 5.91 Å². The van der Waals surface area contributed by atoms with Crippen molar-refractivity contribution in [3.8, 4) is 0 Å². The first-order valence-corrected chi connectivity index (χ1v) is 5.48. The summed E-state index contributed by atoms with van der Waals surface area (Å²) >= 11 is 0. The van der Waals surface area contributed by atoms with Crippen molar-refractivity contribution in [2.75, 3.05) is 13.1 Å². The van der Waals surface area contributed by atoms with Crippen LogP contribution in [0.25, 0.3) is 0 Å². The van der Waals surface area contributed by atoms with Crippen LogP contribution in [0.15, 0.2) is 12.2 Å². The highest BCUT2D eigenvalue weighted by Gasteiger charge is 2.66. The van der Waals surface area contributed by atoms with Gasteiger partial charge in [0.25, 0.3) is 0 Å². The lowest BCUT2D eigenvalue weighted by Gasteiger charge is -2.21. The predicted molar refractivity (Wildman–Crippen MR) is 53.6 cm³/mol. The lowest BCUT2D eigenvalue weighted by molar-refractivity contribution is -0.148. The summed E-state index contributed by atoms with van der Waals surface area (Å²) in [6, 6.07) is 0. The van der Waals surface area contributed by atoms with Gasteiger partial charge in [-0.05, 0) is 6.92 Å². The normalized spacial score (nSPS) is 44.2. The van der Waals surface area contributed by atoms with E-state index in [9.17, 15) is 14.7 Å². The summed E-state index contributed by atoms with van der Waals surface area (Å²) in [6.07, 6.45) is 3.22. The molecular weight excluding hydrogens is 210 g/mol. The Balaban J connectivity index is 2.03. The van der Waals surface area contributed by atoms with Crippen molar-refractivity contribution in [2.24, 2.45) is 11.8 Å². The molecular formula is C11H13NO4. The van der Waals surface area contributed by atoms with Crippen molar-refractivity contribution in [1.29, 1.82) is 0 Å². The van der Waals surface area contributed by atoms with Crippen molar-refractivity contribution < 1.29 is 19.4 Å². The maximum atomic E-state index is 12.1. The summed E-state index contributed by atoms with van der Waals surface area (Å²) in [5, 5.41) is 9.17. The van der Waals surface area contributed by atoms with E-state index in [1.165, 1.54) is 0 Å². The van der Waals surface area contributed by atoms with E-state index < -0.39 is 29.5 Å². The van der Waals surface area contributed by atoms with Gasteiger partial charge >= 0.3 is 5.97 Å². The van der Waals surface area contributed by atoms with Crippen LogP contribution in [0.2, 0.25) is 0 Å². The standard InChI is InChI=1S/C11H13NO4/c1-2-12-5-11-4-3-6(16-11)7(10(14)15)8(11)9(12)13/h3-4,6-8H,2,5H2,1H3,(H,14,15)/t6-,7?,8-,11?/m1/s1. The predicted octanol–water partition coefficient (Wildman–Crippen LogP) is -0.127. The van der Waals surface area contributed by atoms with E-state index in [2.05, 4.69) is 0 Å². The molecule has 16 heavy (non-hydrogen) atoms. The Labute approximate surface area is 92.7 Å². The van der Waals surface area contributed by atoms with E-state index in [0.717, 1.165) is 0 Å². The van der Waals surface area contributed by atoms with E-state index >= 15 is 0 Å². The SMILES string of the molecule is CCN1CC23C=C[C@@H](O2)C(C(=O)O)[C@@H]3C1=O. The van der Waals surface area contributed by atoms with Crippen molar-refractivity contribution in [3.63, 3.8) is 0 Å². The van der Waals surface area contributed by atoms with Gasteiger partial charge in [0, 0.05) is 6.54 Å². The first kappa shape index (κ1) is 9.84. The first-order valence-electron chi connectivity index (χ1n) is 5.48. The van der Waals surface area contributed by atoms with Crippen LogP contribution in [0.3, 0.4) is 0 Å². The fourth-order valence-corrected chi connectivity index (χ4v) is 3.13. The van der Waals surface area contributed by atoms with Crippen molar-refractivity contribution in [2.45, 2.75) is 18.6 Å². The zero-order valence-electron chi connectivity index (χ0n) is 8.92. The van der Waals surface area contributed by atoms with Gasteiger partial charge in [-0.1, -0.05) is 12.2 Å². The maximum Gasteiger partial charge on any atom is 0.310 e. The molecule has 86 valence electrons. The highest BCUT2D eigenvalue weighted by atomic mass is 16.5. The van der Waals surface area contributed by atoms with Gasteiger partial charge in [-0.3, -0.25) is 9.59 Å². The van der Waals surface area contributed by atoms with Gasteiger partial charge in [0.15, 0.2) is 0 Å².